The summed E-state index contributed by atoms with van der Waals surface area (Å²) >= 11 is 0. The van der Waals surface area contributed by atoms with Crippen molar-refractivity contribution in [3.05, 3.63) is 71.9 Å². The van der Waals surface area contributed by atoms with Gasteiger partial charge in [0, 0.05) is 25.1 Å². The number of para-hydroxylation sites is 2. The van der Waals surface area contributed by atoms with Gasteiger partial charge in [-0.05, 0) is 50.5 Å². The van der Waals surface area contributed by atoms with E-state index in [4.69, 9.17) is 9.84 Å². The van der Waals surface area contributed by atoms with Crippen LogP contribution >= 0.6 is 0 Å². The van der Waals surface area contributed by atoms with E-state index in [9.17, 15) is 4.79 Å². The van der Waals surface area contributed by atoms with E-state index in [2.05, 4.69) is 0 Å². The highest BCUT2D eigenvalue weighted by Gasteiger charge is 2.22. The number of aryl methyl sites for hydroxylation is 1. The maximum Gasteiger partial charge on any atom is 0.226 e. The van der Waals surface area contributed by atoms with Crippen LogP contribution in [0.4, 0.5) is 0 Å². The fraction of sp³-hybridized carbons (Fsp3) is 0.304. The fourth-order valence-electron chi connectivity index (χ4n) is 3.63. The minimum absolute atomic E-state index is 0.218. The Morgan fingerprint density at radius 2 is 1.64 bits per heavy atom. The second kappa shape index (κ2) is 8.30. The van der Waals surface area contributed by atoms with E-state index in [1.54, 1.807) is 0 Å². The molecule has 28 heavy (non-hydrogen) atoms. The highest BCUT2D eigenvalue weighted by molar-refractivity contribution is 5.76. The number of hydrogen-bond acceptors (Lipinski definition) is 3. The Morgan fingerprint density at radius 3 is 2.32 bits per heavy atom. The molecule has 5 heteroatoms. The standard InChI is InChI=1S/C23H25N3O2/c1-18-21(14-15-22(27)25-16-8-9-17-25)23(28-20-12-6-3-7-13-20)26(24-18)19-10-4-2-5-11-19/h2-7,10-13H,8-9,14-17H2,1H3. The molecule has 144 valence electrons. The van der Waals surface area contributed by atoms with Crippen molar-refractivity contribution in [3.63, 3.8) is 0 Å². The lowest BCUT2D eigenvalue weighted by atomic mass is 10.1. The van der Waals surface area contributed by atoms with Gasteiger partial charge in [-0.15, -0.1) is 0 Å². The number of carbonyl (C=O) groups excluding carboxylic acids is 1. The molecule has 4 rings (SSSR count). The predicted molar refractivity (Wildman–Crippen MR) is 109 cm³/mol. The summed E-state index contributed by atoms with van der Waals surface area (Å²) in [6.45, 7) is 3.75. The molecule has 0 saturated carbocycles. The van der Waals surface area contributed by atoms with Crippen molar-refractivity contribution >= 4 is 5.91 Å². The summed E-state index contributed by atoms with van der Waals surface area (Å²) in [5, 5.41) is 4.72. The molecular formula is C23H25N3O2. The molecule has 1 aromatic heterocycles. The van der Waals surface area contributed by atoms with Gasteiger partial charge in [0.05, 0.1) is 11.4 Å². The van der Waals surface area contributed by atoms with Gasteiger partial charge in [-0.3, -0.25) is 4.79 Å². The molecule has 3 aromatic rings. The third-order valence-corrected chi connectivity index (χ3v) is 5.14. The van der Waals surface area contributed by atoms with Gasteiger partial charge in [-0.1, -0.05) is 36.4 Å². The van der Waals surface area contributed by atoms with Crippen LogP contribution < -0.4 is 4.74 Å². The van der Waals surface area contributed by atoms with E-state index < -0.39 is 0 Å². The second-order valence-corrected chi connectivity index (χ2v) is 7.12. The number of ether oxygens (including phenoxy) is 1. The van der Waals surface area contributed by atoms with E-state index >= 15 is 0 Å². The van der Waals surface area contributed by atoms with Gasteiger partial charge >= 0.3 is 0 Å². The molecule has 1 amide bonds. The van der Waals surface area contributed by atoms with Crippen LogP contribution in [0, 0.1) is 6.92 Å². The van der Waals surface area contributed by atoms with Crippen molar-refractivity contribution in [1.29, 1.82) is 0 Å². The maximum absolute atomic E-state index is 12.5. The number of amides is 1. The Kier molecular flexibility index (Phi) is 5.42. The topological polar surface area (TPSA) is 47.4 Å². The van der Waals surface area contributed by atoms with Crippen LogP contribution in [0.3, 0.4) is 0 Å². The van der Waals surface area contributed by atoms with Gasteiger partial charge in [0.1, 0.15) is 5.75 Å². The van der Waals surface area contributed by atoms with Crippen molar-refractivity contribution in [2.24, 2.45) is 0 Å². The molecule has 2 heterocycles. The summed E-state index contributed by atoms with van der Waals surface area (Å²) in [7, 11) is 0. The molecule has 1 saturated heterocycles. The number of nitrogens with zero attached hydrogens (tertiary/aromatic N) is 3. The zero-order valence-corrected chi connectivity index (χ0v) is 16.2. The molecule has 0 bridgehead atoms. The Hall–Kier alpha value is -3.08. The number of aromatic nitrogens is 2. The van der Waals surface area contributed by atoms with Gasteiger partial charge in [0.15, 0.2) is 0 Å². The fourth-order valence-corrected chi connectivity index (χ4v) is 3.63. The molecular weight excluding hydrogens is 350 g/mol. The van der Waals surface area contributed by atoms with Gasteiger partial charge in [0.2, 0.25) is 11.8 Å². The van der Waals surface area contributed by atoms with Gasteiger partial charge in [-0.2, -0.15) is 5.10 Å². The summed E-state index contributed by atoms with van der Waals surface area (Å²) in [5.41, 5.74) is 2.82. The average Bonchev–Trinajstić information content (AvgIpc) is 3.37. The Labute approximate surface area is 165 Å². The van der Waals surface area contributed by atoms with Crippen LogP contribution in [0.5, 0.6) is 11.6 Å². The molecule has 0 spiro atoms. The molecule has 0 atom stereocenters. The van der Waals surface area contributed by atoms with E-state index in [1.165, 1.54) is 0 Å². The Balaban J connectivity index is 1.64. The van der Waals surface area contributed by atoms with Crippen molar-refractivity contribution in [2.75, 3.05) is 13.1 Å². The first kappa shape index (κ1) is 18.3. The maximum atomic E-state index is 12.5. The molecule has 0 N–H and O–H groups in total. The number of carbonyl (C=O) groups is 1. The average molecular weight is 375 g/mol. The first-order valence-corrected chi connectivity index (χ1v) is 9.87. The van der Waals surface area contributed by atoms with Crippen LogP contribution in [-0.4, -0.2) is 33.7 Å². The number of benzene rings is 2. The lowest BCUT2D eigenvalue weighted by Gasteiger charge is -2.15. The van der Waals surface area contributed by atoms with Crippen LogP contribution in [0.2, 0.25) is 0 Å². The lowest BCUT2D eigenvalue weighted by Crippen LogP contribution is -2.27. The summed E-state index contributed by atoms with van der Waals surface area (Å²) in [5.74, 6) is 1.66. The quantitative estimate of drug-likeness (QED) is 0.636. The summed E-state index contributed by atoms with van der Waals surface area (Å²) in [6, 6.07) is 19.7. The highest BCUT2D eigenvalue weighted by Crippen LogP contribution is 2.31. The number of likely N-dealkylation sites (tertiary alicyclic amines) is 1. The molecule has 1 fully saturated rings. The third-order valence-electron chi connectivity index (χ3n) is 5.14. The van der Waals surface area contributed by atoms with Gasteiger partial charge in [0.25, 0.3) is 0 Å². The van der Waals surface area contributed by atoms with Crippen LogP contribution in [0.25, 0.3) is 5.69 Å². The summed E-state index contributed by atoms with van der Waals surface area (Å²) in [6.07, 6.45) is 3.32. The Bertz CT molecular complexity index is 929. The molecule has 0 unspecified atom stereocenters. The van der Waals surface area contributed by atoms with Gasteiger partial charge in [-0.25, -0.2) is 4.68 Å². The molecule has 1 aliphatic rings. The smallest absolute Gasteiger partial charge is 0.226 e. The molecule has 5 nitrogen and oxygen atoms in total. The highest BCUT2D eigenvalue weighted by atomic mass is 16.5. The number of hydrogen-bond donors (Lipinski definition) is 0. The molecule has 0 radical (unpaired) electrons. The summed E-state index contributed by atoms with van der Waals surface area (Å²) in [4.78, 5) is 14.5. The Morgan fingerprint density at radius 1 is 1.00 bits per heavy atom. The predicted octanol–water partition coefficient (Wildman–Crippen LogP) is 4.53. The van der Waals surface area contributed by atoms with E-state index in [0.717, 1.165) is 48.6 Å². The third kappa shape index (κ3) is 3.93. The first-order chi connectivity index (χ1) is 13.7. The van der Waals surface area contributed by atoms with E-state index in [-0.39, 0.29) is 5.91 Å². The van der Waals surface area contributed by atoms with Crippen LogP contribution in [0.15, 0.2) is 60.7 Å². The molecule has 0 aliphatic carbocycles. The minimum Gasteiger partial charge on any atom is -0.439 e. The van der Waals surface area contributed by atoms with E-state index in [0.29, 0.717) is 18.7 Å². The minimum atomic E-state index is 0.218. The SMILES string of the molecule is Cc1nn(-c2ccccc2)c(Oc2ccccc2)c1CCC(=O)N1CCCC1. The zero-order valence-electron chi connectivity index (χ0n) is 16.2. The molecule has 2 aromatic carbocycles. The number of rotatable bonds is 6. The van der Waals surface area contributed by atoms with Crippen molar-refractivity contribution in [3.8, 4) is 17.3 Å². The second-order valence-electron chi connectivity index (χ2n) is 7.12. The van der Waals surface area contributed by atoms with Crippen molar-refractivity contribution < 1.29 is 9.53 Å². The lowest BCUT2D eigenvalue weighted by molar-refractivity contribution is -0.130. The normalized spacial score (nSPS) is 13.7. The van der Waals surface area contributed by atoms with Gasteiger partial charge < -0.3 is 9.64 Å². The summed E-state index contributed by atoms with van der Waals surface area (Å²) < 4.78 is 8.08. The van der Waals surface area contributed by atoms with Crippen molar-refractivity contribution in [2.45, 2.75) is 32.6 Å². The first-order valence-electron chi connectivity index (χ1n) is 9.87. The largest absolute Gasteiger partial charge is 0.439 e. The molecule has 1 aliphatic heterocycles. The van der Waals surface area contributed by atoms with Crippen molar-refractivity contribution in [1.82, 2.24) is 14.7 Å². The van der Waals surface area contributed by atoms with Crippen LogP contribution in [-0.2, 0) is 11.2 Å². The van der Waals surface area contributed by atoms with E-state index in [1.807, 2.05) is 77.2 Å². The zero-order chi connectivity index (χ0) is 19.3. The van der Waals surface area contributed by atoms with Crippen LogP contribution in [0.1, 0.15) is 30.5 Å². The monoisotopic (exact) mass is 375 g/mol.